The summed E-state index contributed by atoms with van der Waals surface area (Å²) >= 11 is 0. The van der Waals surface area contributed by atoms with Crippen LogP contribution in [0, 0.1) is 6.92 Å². The fourth-order valence-corrected chi connectivity index (χ4v) is 1.80. The molecule has 1 aromatic rings. The second-order valence-electron chi connectivity index (χ2n) is 4.74. The number of hydrogen-bond acceptors (Lipinski definition) is 4. The van der Waals surface area contributed by atoms with E-state index in [-0.39, 0.29) is 18.1 Å². The highest BCUT2D eigenvalue weighted by molar-refractivity contribution is 5.69. The Balaban J connectivity index is 2.40. The van der Waals surface area contributed by atoms with Crippen molar-refractivity contribution in [3.05, 3.63) is 29.3 Å². The van der Waals surface area contributed by atoms with Crippen molar-refractivity contribution in [2.45, 2.75) is 33.0 Å². The Hall–Kier alpha value is -1.76. The van der Waals surface area contributed by atoms with Crippen molar-refractivity contribution >= 4 is 5.97 Å². The summed E-state index contributed by atoms with van der Waals surface area (Å²) in [4.78, 5) is 11.1. The smallest absolute Gasteiger partial charge is 0.422 e. The van der Waals surface area contributed by atoms with Crippen LogP contribution < -0.4 is 10.1 Å². The minimum atomic E-state index is -4.35. The zero-order valence-corrected chi connectivity index (χ0v) is 12.6. The number of benzene rings is 1. The SMILES string of the molecule is CCOC(=O)CCNCc1ccc(OCC(F)(F)F)c(C)c1. The Morgan fingerprint density at radius 1 is 1.32 bits per heavy atom. The molecule has 0 fully saturated rings. The Morgan fingerprint density at radius 2 is 2.05 bits per heavy atom. The Labute approximate surface area is 127 Å². The number of alkyl halides is 3. The molecule has 0 unspecified atom stereocenters. The monoisotopic (exact) mass is 319 g/mol. The summed E-state index contributed by atoms with van der Waals surface area (Å²) in [6.07, 6.45) is -4.07. The highest BCUT2D eigenvalue weighted by Gasteiger charge is 2.28. The van der Waals surface area contributed by atoms with Crippen molar-refractivity contribution in [3.8, 4) is 5.75 Å². The lowest BCUT2D eigenvalue weighted by molar-refractivity contribution is -0.153. The number of esters is 1. The lowest BCUT2D eigenvalue weighted by Crippen LogP contribution is -2.20. The van der Waals surface area contributed by atoms with Gasteiger partial charge in [0.05, 0.1) is 13.0 Å². The van der Waals surface area contributed by atoms with Gasteiger partial charge in [0, 0.05) is 13.1 Å². The maximum absolute atomic E-state index is 12.1. The number of rotatable bonds is 8. The zero-order chi connectivity index (χ0) is 16.6. The second kappa shape index (κ2) is 8.63. The molecule has 1 rings (SSSR count). The van der Waals surface area contributed by atoms with Gasteiger partial charge in [-0.25, -0.2) is 0 Å². The van der Waals surface area contributed by atoms with Crippen molar-refractivity contribution in [1.82, 2.24) is 5.32 Å². The van der Waals surface area contributed by atoms with Crippen molar-refractivity contribution in [1.29, 1.82) is 0 Å². The van der Waals surface area contributed by atoms with E-state index < -0.39 is 12.8 Å². The third kappa shape index (κ3) is 7.31. The molecule has 124 valence electrons. The molecule has 0 atom stereocenters. The first-order valence-electron chi connectivity index (χ1n) is 6.97. The normalized spacial score (nSPS) is 11.3. The van der Waals surface area contributed by atoms with Crippen LogP contribution in [0.3, 0.4) is 0 Å². The minimum Gasteiger partial charge on any atom is -0.484 e. The molecule has 0 aliphatic heterocycles. The van der Waals surface area contributed by atoms with Crippen molar-refractivity contribution in [3.63, 3.8) is 0 Å². The fourth-order valence-electron chi connectivity index (χ4n) is 1.80. The molecule has 7 heteroatoms. The molecule has 4 nitrogen and oxygen atoms in total. The first-order valence-corrected chi connectivity index (χ1v) is 6.97. The highest BCUT2D eigenvalue weighted by atomic mass is 19.4. The predicted molar refractivity (Wildman–Crippen MR) is 75.7 cm³/mol. The molecule has 0 bridgehead atoms. The average molecular weight is 319 g/mol. The third-order valence-corrected chi connectivity index (χ3v) is 2.77. The summed E-state index contributed by atoms with van der Waals surface area (Å²) in [6, 6.07) is 4.96. The van der Waals surface area contributed by atoms with Gasteiger partial charge in [0.1, 0.15) is 5.75 Å². The lowest BCUT2D eigenvalue weighted by atomic mass is 10.1. The van der Waals surface area contributed by atoms with Gasteiger partial charge in [0.25, 0.3) is 0 Å². The average Bonchev–Trinajstić information content (AvgIpc) is 2.42. The van der Waals surface area contributed by atoms with Crippen molar-refractivity contribution < 1.29 is 27.4 Å². The lowest BCUT2D eigenvalue weighted by Gasteiger charge is -2.12. The minimum absolute atomic E-state index is 0.215. The van der Waals surface area contributed by atoms with Crippen LogP contribution in [0.25, 0.3) is 0 Å². The molecule has 0 radical (unpaired) electrons. The van der Waals surface area contributed by atoms with Crippen LogP contribution in [0.5, 0.6) is 5.75 Å². The molecule has 22 heavy (non-hydrogen) atoms. The molecule has 0 amide bonds. The van der Waals surface area contributed by atoms with Gasteiger partial charge in [-0.05, 0) is 31.0 Å². The predicted octanol–water partition coefficient (Wildman–Crippen LogP) is 2.98. The first kappa shape index (κ1) is 18.3. The van der Waals surface area contributed by atoms with Crippen LogP contribution in [0.1, 0.15) is 24.5 Å². The molecule has 0 saturated carbocycles. The number of halogens is 3. The van der Waals surface area contributed by atoms with Gasteiger partial charge in [-0.2, -0.15) is 13.2 Å². The number of carbonyl (C=O) groups excluding carboxylic acids is 1. The van der Waals surface area contributed by atoms with E-state index in [0.717, 1.165) is 5.56 Å². The number of aryl methyl sites for hydroxylation is 1. The van der Waals surface area contributed by atoms with Crippen LogP contribution in [-0.2, 0) is 16.1 Å². The standard InChI is InChI=1S/C15H20F3NO3/c1-3-21-14(20)6-7-19-9-12-4-5-13(11(2)8-12)22-10-15(16,17)18/h4-5,8,19H,3,6-7,9-10H2,1-2H3. The van der Waals surface area contributed by atoms with E-state index in [9.17, 15) is 18.0 Å². The summed E-state index contributed by atoms with van der Waals surface area (Å²) in [5.41, 5.74) is 1.54. The Bertz CT molecular complexity index is 489. The molecular formula is C15H20F3NO3. The number of nitrogens with one attached hydrogen (secondary N) is 1. The van der Waals surface area contributed by atoms with E-state index >= 15 is 0 Å². The van der Waals surface area contributed by atoms with E-state index in [1.165, 1.54) is 6.07 Å². The summed E-state index contributed by atoms with van der Waals surface area (Å²) in [5.74, 6) is -0.0466. The molecule has 1 aromatic carbocycles. The molecule has 0 aliphatic rings. The molecule has 0 aromatic heterocycles. The van der Waals surface area contributed by atoms with Crippen molar-refractivity contribution in [2.24, 2.45) is 0 Å². The van der Waals surface area contributed by atoms with Gasteiger partial charge in [0.2, 0.25) is 0 Å². The molecule has 0 heterocycles. The van der Waals surface area contributed by atoms with Gasteiger partial charge >= 0.3 is 12.1 Å². The van der Waals surface area contributed by atoms with Crippen molar-refractivity contribution in [2.75, 3.05) is 19.8 Å². The molecule has 1 N–H and O–H groups in total. The van der Waals surface area contributed by atoms with Gasteiger partial charge in [0.15, 0.2) is 6.61 Å². The largest absolute Gasteiger partial charge is 0.484 e. The fraction of sp³-hybridized carbons (Fsp3) is 0.533. The third-order valence-electron chi connectivity index (χ3n) is 2.77. The van der Waals surface area contributed by atoms with Crippen LogP contribution in [0.4, 0.5) is 13.2 Å². The number of ether oxygens (including phenoxy) is 2. The van der Waals surface area contributed by atoms with Crippen LogP contribution in [0.2, 0.25) is 0 Å². The van der Waals surface area contributed by atoms with Gasteiger partial charge in [-0.1, -0.05) is 12.1 Å². The number of hydrogen-bond donors (Lipinski definition) is 1. The van der Waals surface area contributed by atoms with E-state index in [1.54, 1.807) is 26.0 Å². The topological polar surface area (TPSA) is 47.6 Å². The van der Waals surface area contributed by atoms with Gasteiger partial charge in [-0.3, -0.25) is 4.79 Å². The highest BCUT2D eigenvalue weighted by Crippen LogP contribution is 2.22. The van der Waals surface area contributed by atoms with Gasteiger partial charge in [-0.15, -0.1) is 0 Å². The first-order chi connectivity index (χ1) is 10.3. The molecule has 0 spiro atoms. The second-order valence-corrected chi connectivity index (χ2v) is 4.74. The van der Waals surface area contributed by atoms with E-state index in [2.05, 4.69) is 5.32 Å². The Kier molecular flexibility index (Phi) is 7.17. The van der Waals surface area contributed by atoms with E-state index in [1.807, 2.05) is 0 Å². The van der Waals surface area contributed by atoms with Gasteiger partial charge < -0.3 is 14.8 Å². The maximum Gasteiger partial charge on any atom is 0.422 e. The van der Waals surface area contributed by atoms with Crippen LogP contribution in [0.15, 0.2) is 18.2 Å². The summed E-state index contributed by atoms with van der Waals surface area (Å²) in [6.45, 7) is 3.48. The van der Waals surface area contributed by atoms with E-state index in [0.29, 0.717) is 25.3 Å². The molecular weight excluding hydrogens is 299 g/mol. The summed E-state index contributed by atoms with van der Waals surface area (Å²) < 4.78 is 45.8. The molecule has 0 aliphatic carbocycles. The quantitative estimate of drug-likeness (QED) is 0.591. The summed E-state index contributed by atoms with van der Waals surface area (Å²) in [5, 5.41) is 3.07. The summed E-state index contributed by atoms with van der Waals surface area (Å²) in [7, 11) is 0. The zero-order valence-electron chi connectivity index (χ0n) is 12.6. The van der Waals surface area contributed by atoms with Crippen LogP contribution in [-0.4, -0.2) is 31.9 Å². The maximum atomic E-state index is 12.1. The van der Waals surface area contributed by atoms with E-state index in [4.69, 9.17) is 9.47 Å². The Morgan fingerprint density at radius 3 is 2.64 bits per heavy atom. The van der Waals surface area contributed by atoms with Crippen LogP contribution >= 0.6 is 0 Å². The number of carbonyl (C=O) groups is 1. The molecule has 0 saturated heterocycles.